The number of aliphatic hydroxyl groups is 1. The van der Waals surface area contributed by atoms with E-state index < -0.39 is 0 Å². The van der Waals surface area contributed by atoms with Crippen LogP contribution in [0.3, 0.4) is 0 Å². The van der Waals surface area contributed by atoms with Crippen molar-refractivity contribution < 1.29 is 9.84 Å². The summed E-state index contributed by atoms with van der Waals surface area (Å²) in [4.78, 5) is 0. The Hall–Kier alpha value is -0.0800. The molecule has 0 bridgehead atoms. The summed E-state index contributed by atoms with van der Waals surface area (Å²) < 4.78 is 5.86. The topological polar surface area (TPSA) is 29.5 Å². The zero-order chi connectivity index (χ0) is 11.3. The first-order chi connectivity index (χ1) is 7.08. The molecule has 2 nitrogen and oxygen atoms in total. The minimum Gasteiger partial charge on any atom is -0.393 e. The Morgan fingerprint density at radius 3 is 2.33 bits per heavy atom. The van der Waals surface area contributed by atoms with Gasteiger partial charge in [-0.15, -0.1) is 0 Å². The standard InChI is InChI=1S/C13H26O2/c1-10-7-11(2)9-13(8-10)15-6-4-5-12(3)14/h10-14H,4-9H2,1-3H3. The van der Waals surface area contributed by atoms with E-state index in [2.05, 4.69) is 13.8 Å². The zero-order valence-corrected chi connectivity index (χ0v) is 10.4. The summed E-state index contributed by atoms with van der Waals surface area (Å²) in [5, 5.41) is 9.12. The second-order valence-electron chi connectivity index (χ2n) is 5.40. The molecule has 3 atom stereocenters. The van der Waals surface area contributed by atoms with Gasteiger partial charge in [-0.2, -0.15) is 0 Å². The highest BCUT2D eigenvalue weighted by Crippen LogP contribution is 2.30. The van der Waals surface area contributed by atoms with Crippen LogP contribution in [-0.4, -0.2) is 23.9 Å². The van der Waals surface area contributed by atoms with E-state index >= 15 is 0 Å². The Balaban J connectivity index is 2.10. The van der Waals surface area contributed by atoms with E-state index in [4.69, 9.17) is 9.84 Å². The molecule has 0 radical (unpaired) electrons. The van der Waals surface area contributed by atoms with Gasteiger partial charge in [0.1, 0.15) is 0 Å². The first kappa shape index (κ1) is 13.0. The number of hydrogen-bond donors (Lipinski definition) is 1. The van der Waals surface area contributed by atoms with Gasteiger partial charge in [-0.05, 0) is 50.9 Å². The lowest BCUT2D eigenvalue weighted by molar-refractivity contribution is -0.00349. The second kappa shape index (κ2) is 6.49. The van der Waals surface area contributed by atoms with Crippen LogP contribution in [0, 0.1) is 11.8 Å². The summed E-state index contributed by atoms with van der Waals surface area (Å²) in [6.45, 7) is 7.30. The Kier molecular flexibility index (Phi) is 5.62. The highest BCUT2D eigenvalue weighted by molar-refractivity contribution is 4.75. The fourth-order valence-electron chi connectivity index (χ4n) is 2.64. The van der Waals surface area contributed by atoms with Gasteiger partial charge in [0.15, 0.2) is 0 Å². The normalized spacial score (nSPS) is 34.0. The lowest BCUT2D eigenvalue weighted by atomic mass is 9.82. The van der Waals surface area contributed by atoms with Crippen LogP contribution in [0.25, 0.3) is 0 Å². The number of rotatable bonds is 5. The Morgan fingerprint density at radius 1 is 1.20 bits per heavy atom. The third-order valence-electron chi connectivity index (χ3n) is 3.26. The Morgan fingerprint density at radius 2 is 1.80 bits per heavy atom. The fourth-order valence-corrected chi connectivity index (χ4v) is 2.64. The van der Waals surface area contributed by atoms with E-state index in [-0.39, 0.29) is 6.10 Å². The summed E-state index contributed by atoms with van der Waals surface area (Å²) >= 11 is 0. The van der Waals surface area contributed by atoms with E-state index in [0.717, 1.165) is 31.3 Å². The van der Waals surface area contributed by atoms with Gasteiger partial charge in [0.2, 0.25) is 0 Å². The summed E-state index contributed by atoms with van der Waals surface area (Å²) in [7, 11) is 0. The van der Waals surface area contributed by atoms with E-state index in [1.165, 1.54) is 19.3 Å². The number of hydrogen-bond acceptors (Lipinski definition) is 2. The summed E-state index contributed by atoms with van der Waals surface area (Å²) in [5.74, 6) is 1.63. The molecule has 0 heterocycles. The molecule has 2 heteroatoms. The summed E-state index contributed by atoms with van der Waals surface area (Å²) in [6.07, 6.45) is 5.93. The van der Waals surface area contributed by atoms with Gasteiger partial charge in [-0.3, -0.25) is 0 Å². The molecule has 1 N–H and O–H groups in total. The molecule has 0 aromatic carbocycles. The molecule has 1 aliphatic rings. The fraction of sp³-hybridized carbons (Fsp3) is 1.00. The third-order valence-corrected chi connectivity index (χ3v) is 3.26. The van der Waals surface area contributed by atoms with Gasteiger partial charge < -0.3 is 9.84 Å². The van der Waals surface area contributed by atoms with Gasteiger partial charge in [0.05, 0.1) is 12.2 Å². The maximum atomic E-state index is 9.12. The SMILES string of the molecule is CC(O)CCCOC1CC(C)CC(C)C1. The molecule has 0 aliphatic heterocycles. The van der Waals surface area contributed by atoms with Gasteiger partial charge in [-0.1, -0.05) is 13.8 Å². The van der Waals surface area contributed by atoms with Gasteiger partial charge >= 0.3 is 0 Å². The van der Waals surface area contributed by atoms with Crippen LogP contribution in [0.5, 0.6) is 0 Å². The second-order valence-corrected chi connectivity index (χ2v) is 5.40. The Labute approximate surface area is 94.0 Å². The largest absolute Gasteiger partial charge is 0.393 e. The highest BCUT2D eigenvalue weighted by atomic mass is 16.5. The van der Waals surface area contributed by atoms with Crippen LogP contribution < -0.4 is 0 Å². The molecule has 0 spiro atoms. The van der Waals surface area contributed by atoms with E-state index in [0.29, 0.717) is 6.10 Å². The molecule has 1 fully saturated rings. The molecule has 1 rings (SSSR count). The predicted octanol–water partition coefficient (Wildman–Crippen LogP) is 2.99. The molecular weight excluding hydrogens is 188 g/mol. The van der Waals surface area contributed by atoms with Crippen LogP contribution in [0.1, 0.15) is 52.9 Å². The van der Waals surface area contributed by atoms with Crippen LogP contribution >= 0.6 is 0 Å². The van der Waals surface area contributed by atoms with Gasteiger partial charge in [0, 0.05) is 6.61 Å². The molecule has 1 saturated carbocycles. The maximum absolute atomic E-state index is 9.12. The van der Waals surface area contributed by atoms with Crippen molar-refractivity contribution in [3.63, 3.8) is 0 Å². The van der Waals surface area contributed by atoms with E-state index in [9.17, 15) is 0 Å². The first-order valence-electron chi connectivity index (χ1n) is 6.37. The number of ether oxygens (including phenoxy) is 1. The van der Waals surface area contributed by atoms with E-state index in [1.807, 2.05) is 6.92 Å². The van der Waals surface area contributed by atoms with Crippen molar-refractivity contribution in [2.75, 3.05) is 6.61 Å². The van der Waals surface area contributed by atoms with Crippen molar-refractivity contribution in [3.05, 3.63) is 0 Å². The number of aliphatic hydroxyl groups excluding tert-OH is 1. The van der Waals surface area contributed by atoms with Crippen molar-refractivity contribution in [3.8, 4) is 0 Å². The molecule has 15 heavy (non-hydrogen) atoms. The minimum absolute atomic E-state index is 0.183. The third kappa shape index (κ3) is 5.53. The molecule has 0 aromatic heterocycles. The minimum atomic E-state index is -0.183. The molecule has 90 valence electrons. The summed E-state index contributed by atoms with van der Waals surface area (Å²) in [6, 6.07) is 0. The zero-order valence-electron chi connectivity index (χ0n) is 10.4. The summed E-state index contributed by atoms with van der Waals surface area (Å²) in [5.41, 5.74) is 0. The van der Waals surface area contributed by atoms with Crippen molar-refractivity contribution in [1.29, 1.82) is 0 Å². The average molecular weight is 214 g/mol. The predicted molar refractivity (Wildman–Crippen MR) is 62.8 cm³/mol. The molecule has 3 unspecified atom stereocenters. The van der Waals surface area contributed by atoms with Crippen molar-refractivity contribution in [2.45, 2.75) is 65.1 Å². The quantitative estimate of drug-likeness (QED) is 0.713. The molecule has 0 saturated heterocycles. The molecule has 1 aliphatic carbocycles. The highest BCUT2D eigenvalue weighted by Gasteiger charge is 2.24. The molecule has 0 aromatic rings. The van der Waals surface area contributed by atoms with E-state index in [1.54, 1.807) is 0 Å². The van der Waals surface area contributed by atoms with Gasteiger partial charge in [-0.25, -0.2) is 0 Å². The van der Waals surface area contributed by atoms with Crippen LogP contribution in [0.15, 0.2) is 0 Å². The van der Waals surface area contributed by atoms with Crippen LogP contribution in [0.2, 0.25) is 0 Å². The van der Waals surface area contributed by atoms with Gasteiger partial charge in [0.25, 0.3) is 0 Å². The smallest absolute Gasteiger partial charge is 0.0580 e. The Bertz CT molecular complexity index is 158. The van der Waals surface area contributed by atoms with Crippen molar-refractivity contribution in [1.82, 2.24) is 0 Å². The average Bonchev–Trinajstić information content (AvgIpc) is 2.10. The van der Waals surface area contributed by atoms with Crippen LogP contribution in [0.4, 0.5) is 0 Å². The maximum Gasteiger partial charge on any atom is 0.0580 e. The lowest BCUT2D eigenvalue weighted by Gasteiger charge is -2.31. The van der Waals surface area contributed by atoms with Crippen molar-refractivity contribution in [2.24, 2.45) is 11.8 Å². The molecular formula is C13H26O2. The molecule has 0 amide bonds. The van der Waals surface area contributed by atoms with Crippen molar-refractivity contribution >= 4 is 0 Å². The first-order valence-corrected chi connectivity index (χ1v) is 6.37. The lowest BCUT2D eigenvalue weighted by Crippen LogP contribution is -2.26. The monoisotopic (exact) mass is 214 g/mol. The van der Waals surface area contributed by atoms with Crippen LogP contribution in [-0.2, 0) is 4.74 Å².